The van der Waals surface area contributed by atoms with E-state index in [1.165, 1.54) is 0 Å². The van der Waals surface area contributed by atoms with Gasteiger partial charge in [0.25, 0.3) is 0 Å². The van der Waals surface area contributed by atoms with E-state index in [2.05, 4.69) is 9.97 Å². The molecule has 0 aromatic carbocycles. The average Bonchev–Trinajstić information content (AvgIpc) is 2.86. The van der Waals surface area contributed by atoms with E-state index < -0.39 is 0 Å². The minimum atomic E-state index is -0.349. The van der Waals surface area contributed by atoms with Gasteiger partial charge in [0.1, 0.15) is 5.52 Å². The maximum absolute atomic E-state index is 5.96. The van der Waals surface area contributed by atoms with Gasteiger partial charge in [-0.1, -0.05) is 12.1 Å². The maximum Gasteiger partial charge on any atom is 0.487 e. The smallest absolute Gasteiger partial charge is 0.400 e. The molecule has 1 saturated heterocycles. The number of aromatic nitrogens is 3. The number of nitrogens with zero attached hydrogens (tertiary/aromatic N) is 3. The van der Waals surface area contributed by atoms with Gasteiger partial charge in [0.05, 0.1) is 29.2 Å². The molecule has 1 aliphatic heterocycles. The molecule has 1 aliphatic rings. The largest absolute Gasteiger partial charge is 0.487 e. The first kappa shape index (κ1) is 14.3. The summed E-state index contributed by atoms with van der Waals surface area (Å²) in [4.78, 5) is 8.53. The molecular weight excluding hydrogens is 265 g/mol. The van der Waals surface area contributed by atoms with Crippen LogP contribution < -0.4 is 0 Å². The second-order valence-corrected chi connectivity index (χ2v) is 6.44. The summed E-state index contributed by atoms with van der Waals surface area (Å²) in [6.07, 6.45) is 7.37. The summed E-state index contributed by atoms with van der Waals surface area (Å²) in [7, 11) is 1.63. The molecule has 0 unspecified atom stereocenters. The molecule has 0 bridgehead atoms. The summed E-state index contributed by atoms with van der Waals surface area (Å²) >= 11 is 0. The Morgan fingerprint density at radius 2 is 1.81 bits per heavy atom. The van der Waals surface area contributed by atoms with E-state index in [0.29, 0.717) is 0 Å². The summed E-state index contributed by atoms with van der Waals surface area (Å²) < 4.78 is 13.9. The zero-order valence-corrected chi connectivity index (χ0v) is 13.1. The lowest BCUT2D eigenvalue weighted by molar-refractivity contribution is 0.00578. The van der Waals surface area contributed by atoms with Crippen molar-refractivity contribution in [2.75, 3.05) is 0 Å². The Kier molecular flexibility index (Phi) is 3.18. The number of fused-ring (bicyclic) bond motifs is 1. The van der Waals surface area contributed by atoms with Crippen molar-refractivity contribution in [1.29, 1.82) is 0 Å². The van der Waals surface area contributed by atoms with Crippen molar-refractivity contribution in [2.24, 2.45) is 7.05 Å². The maximum atomic E-state index is 5.96. The van der Waals surface area contributed by atoms with Crippen molar-refractivity contribution in [3.05, 3.63) is 30.3 Å². The Bertz CT molecular complexity index is 690. The van der Waals surface area contributed by atoms with Gasteiger partial charge in [0.2, 0.25) is 0 Å². The molecule has 5 nitrogen and oxygen atoms in total. The van der Waals surface area contributed by atoms with Crippen LogP contribution in [0, 0.1) is 0 Å². The number of rotatable bonds is 2. The summed E-state index contributed by atoms with van der Waals surface area (Å²) in [5, 5.41) is 0. The monoisotopic (exact) mass is 285 g/mol. The van der Waals surface area contributed by atoms with Crippen molar-refractivity contribution >= 4 is 24.2 Å². The highest BCUT2D eigenvalue weighted by Gasteiger charge is 2.49. The normalized spacial score (nSPS) is 20.7. The van der Waals surface area contributed by atoms with Gasteiger partial charge >= 0.3 is 7.12 Å². The Hall–Kier alpha value is -1.66. The lowest BCUT2D eigenvalue weighted by Gasteiger charge is -2.32. The van der Waals surface area contributed by atoms with E-state index in [4.69, 9.17) is 9.31 Å². The summed E-state index contributed by atoms with van der Waals surface area (Å²) in [6, 6.07) is 0. The minimum absolute atomic E-state index is 0.321. The van der Waals surface area contributed by atoms with Gasteiger partial charge in [-0.25, -0.2) is 4.98 Å². The summed E-state index contributed by atoms with van der Waals surface area (Å²) in [5.41, 5.74) is 2.30. The number of pyridine rings is 1. The summed E-state index contributed by atoms with van der Waals surface area (Å²) in [6.45, 7) is 8.18. The molecule has 6 heteroatoms. The lowest BCUT2D eigenvalue weighted by Crippen LogP contribution is -2.41. The van der Waals surface area contributed by atoms with Crippen LogP contribution >= 0.6 is 0 Å². The molecule has 3 heterocycles. The fourth-order valence-corrected chi connectivity index (χ4v) is 2.42. The Morgan fingerprint density at radius 1 is 1.14 bits per heavy atom. The van der Waals surface area contributed by atoms with Crippen molar-refractivity contribution < 1.29 is 9.31 Å². The van der Waals surface area contributed by atoms with E-state index in [1.807, 2.05) is 57.6 Å². The quantitative estimate of drug-likeness (QED) is 0.796. The highest BCUT2D eigenvalue weighted by Crippen LogP contribution is 2.37. The molecule has 110 valence electrons. The Balaban J connectivity index is 1.88. The topological polar surface area (TPSA) is 49.2 Å². The Labute approximate surface area is 125 Å². The van der Waals surface area contributed by atoms with Crippen LogP contribution in [-0.4, -0.2) is 32.9 Å². The number of hydrogen-bond donors (Lipinski definition) is 0. The van der Waals surface area contributed by atoms with Crippen molar-refractivity contribution in [2.45, 2.75) is 38.9 Å². The van der Waals surface area contributed by atoms with Gasteiger partial charge in [-0.15, -0.1) is 0 Å². The average molecular weight is 285 g/mol. The van der Waals surface area contributed by atoms with Crippen LogP contribution in [0.25, 0.3) is 17.1 Å². The van der Waals surface area contributed by atoms with Crippen LogP contribution in [0.15, 0.2) is 24.7 Å². The van der Waals surface area contributed by atoms with E-state index >= 15 is 0 Å². The fraction of sp³-hybridized carbons (Fsp3) is 0.467. The standard InChI is InChI=1S/C15H20BN3O2/c1-14(2)15(3,4)21-16(20-14)7-6-11-8-17-9-12-13(11)19(5)10-18-12/h6-10H,1-5H3/b7-6+. The number of aryl methyl sites for hydroxylation is 1. The SMILES string of the molecule is Cn1cnc2cncc(/C=C/B3OC(C)(C)C(C)(C)O3)c21. The van der Waals surface area contributed by atoms with Crippen molar-refractivity contribution in [3.63, 3.8) is 0 Å². The second-order valence-electron chi connectivity index (χ2n) is 6.44. The van der Waals surface area contributed by atoms with Crippen LogP contribution in [0.2, 0.25) is 0 Å². The molecule has 0 radical (unpaired) electrons. The predicted octanol–water partition coefficient (Wildman–Crippen LogP) is 2.61. The van der Waals surface area contributed by atoms with Gasteiger partial charge in [-0.3, -0.25) is 4.98 Å². The third-order valence-corrected chi connectivity index (χ3v) is 4.35. The van der Waals surface area contributed by atoms with Crippen LogP contribution in [0.4, 0.5) is 0 Å². The molecular formula is C15H20BN3O2. The third kappa shape index (κ3) is 2.38. The van der Waals surface area contributed by atoms with E-state index in [-0.39, 0.29) is 18.3 Å². The molecule has 0 amide bonds. The lowest BCUT2D eigenvalue weighted by atomic mass is 9.89. The van der Waals surface area contributed by atoms with E-state index in [1.54, 1.807) is 12.5 Å². The third-order valence-electron chi connectivity index (χ3n) is 4.35. The molecule has 2 aromatic heterocycles. The van der Waals surface area contributed by atoms with Crippen LogP contribution in [0.3, 0.4) is 0 Å². The zero-order chi connectivity index (χ0) is 15.3. The number of hydrogen-bond acceptors (Lipinski definition) is 4. The molecule has 3 rings (SSSR count). The highest BCUT2D eigenvalue weighted by atomic mass is 16.7. The molecule has 2 aromatic rings. The highest BCUT2D eigenvalue weighted by molar-refractivity contribution is 6.52. The molecule has 0 atom stereocenters. The van der Waals surface area contributed by atoms with Gasteiger partial charge in [0.15, 0.2) is 0 Å². The molecule has 0 spiro atoms. The van der Waals surface area contributed by atoms with Crippen molar-refractivity contribution in [3.8, 4) is 0 Å². The first-order chi connectivity index (χ1) is 9.80. The van der Waals surface area contributed by atoms with E-state index in [9.17, 15) is 0 Å². The number of imidazole rings is 1. The second kappa shape index (κ2) is 4.68. The van der Waals surface area contributed by atoms with Crippen LogP contribution in [0.1, 0.15) is 33.3 Å². The summed E-state index contributed by atoms with van der Waals surface area (Å²) in [5.74, 6) is 1.93. The van der Waals surface area contributed by atoms with Crippen molar-refractivity contribution in [1.82, 2.24) is 14.5 Å². The Morgan fingerprint density at radius 3 is 2.48 bits per heavy atom. The first-order valence-corrected chi connectivity index (χ1v) is 7.09. The molecule has 1 fully saturated rings. The van der Waals surface area contributed by atoms with Gasteiger partial charge in [-0.2, -0.15) is 0 Å². The minimum Gasteiger partial charge on any atom is -0.400 e. The fourth-order valence-electron chi connectivity index (χ4n) is 2.42. The molecule has 0 aliphatic carbocycles. The molecule has 21 heavy (non-hydrogen) atoms. The first-order valence-electron chi connectivity index (χ1n) is 7.09. The van der Waals surface area contributed by atoms with Gasteiger partial charge < -0.3 is 13.9 Å². The van der Waals surface area contributed by atoms with Crippen LogP contribution in [0.5, 0.6) is 0 Å². The van der Waals surface area contributed by atoms with Gasteiger partial charge in [0, 0.05) is 18.8 Å². The van der Waals surface area contributed by atoms with Crippen LogP contribution in [-0.2, 0) is 16.4 Å². The zero-order valence-electron chi connectivity index (χ0n) is 13.1. The van der Waals surface area contributed by atoms with Gasteiger partial charge in [-0.05, 0) is 27.7 Å². The molecule has 0 N–H and O–H groups in total. The molecule has 0 saturated carbocycles. The predicted molar refractivity (Wildman–Crippen MR) is 83.6 cm³/mol. The van der Waals surface area contributed by atoms with E-state index in [0.717, 1.165) is 16.6 Å².